The van der Waals surface area contributed by atoms with Gasteiger partial charge in [0.15, 0.2) is 0 Å². The third-order valence-electron chi connectivity index (χ3n) is 1.60. The van der Waals surface area contributed by atoms with Crippen LogP contribution in [-0.4, -0.2) is 11.8 Å². The Hall–Kier alpha value is -1.09. The summed E-state index contributed by atoms with van der Waals surface area (Å²) < 4.78 is 0. The van der Waals surface area contributed by atoms with Crippen molar-refractivity contribution in [2.24, 2.45) is 0 Å². The molecule has 2 nitrogen and oxygen atoms in total. The first-order chi connectivity index (χ1) is 5.75. The van der Waals surface area contributed by atoms with Crippen molar-refractivity contribution >= 4 is 23.6 Å². The fraction of sp³-hybridized carbons (Fsp3) is 0.222. The summed E-state index contributed by atoms with van der Waals surface area (Å²) in [6.07, 6.45) is 0. The summed E-state index contributed by atoms with van der Waals surface area (Å²) in [6, 6.07) is 9.42. The Labute approximate surface area is 77.6 Å². The van der Waals surface area contributed by atoms with Crippen molar-refractivity contribution in [3.63, 3.8) is 0 Å². The SMILES string of the molecule is CCN(C(=O)[S])c1ccccc1. The van der Waals surface area contributed by atoms with Crippen LogP contribution in [0.25, 0.3) is 0 Å². The molecule has 0 aromatic heterocycles. The van der Waals surface area contributed by atoms with Gasteiger partial charge >= 0.3 is 5.24 Å². The third kappa shape index (κ3) is 1.95. The van der Waals surface area contributed by atoms with Gasteiger partial charge in [-0.15, -0.1) is 0 Å². The maximum absolute atomic E-state index is 10.9. The van der Waals surface area contributed by atoms with Crippen LogP contribution in [0.5, 0.6) is 0 Å². The monoisotopic (exact) mass is 180 g/mol. The van der Waals surface area contributed by atoms with Crippen LogP contribution in [0.3, 0.4) is 0 Å². The van der Waals surface area contributed by atoms with Crippen molar-refractivity contribution < 1.29 is 4.79 Å². The molecule has 0 spiro atoms. The fourth-order valence-electron chi connectivity index (χ4n) is 1.03. The molecule has 0 fully saturated rings. The van der Waals surface area contributed by atoms with Gasteiger partial charge in [-0.3, -0.25) is 9.69 Å². The van der Waals surface area contributed by atoms with E-state index >= 15 is 0 Å². The van der Waals surface area contributed by atoms with Crippen LogP contribution in [0, 0.1) is 0 Å². The van der Waals surface area contributed by atoms with Crippen molar-refractivity contribution in [3.05, 3.63) is 30.3 Å². The van der Waals surface area contributed by atoms with Crippen molar-refractivity contribution in [2.75, 3.05) is 11.4 Å². The molecule has 0 saturated heterocycles. The predicted molar refractivity (Wildman–Crippen MR) is 52.4 cm³/mol. The highest BCUT2D eigenvalue weighted by atomic mass is 32.1. The highest BCUT2D eigenvalue weighted by Crippen LogP contribution is 2.14. The number of carbonyl (C=O) groups excluding carboxylic acids is 1. The first-order valence-corrected chi connectivity index (χ1v) is 4.20. The molecule has 0 saturated carbocycles. The van der Waals surface area contributed by atoms with E-state index in [4.69, 9.17) is 0 Å². The van der Waals surface area contributed by atoms with Gasteiger partial charge in [0.1, 0.15) is 0 Å². The van der Waals surface area contributed by atoms with Gasteiger partial charge in [0, 0.05) is 12.2 Å². The molecule has 0 unspecified atom stereocenters. The standard InChI is InChI=1S/C9H10NOS/c1-2-10(9(11)12)8-6-4-3-5-7-8/h3-7H,2H2,1H3. The van der Waals surface area contributed by atoms with Crippen LogP contribution >= 0.6 is 12.6 Å². The van der Waals surface area contributed by atoms with Crippen LogP contribution < -0.4 is 4.90 Å². The number of hydrogen-bond acceptors (Lipinski definition) is 1. The van der Waals surface area contributed by atoms with E-state index in [-0.39, 0.29) is 5.24 Å². The first kappa shape index (κ1) is 9.00. The molecule has 0 heterocycles. The van der Waals surface area contributed by atoms with Crippen LogP contribution in [0.15, 0.2) is 30.3 Å². The molecule has 1 aromatic rings. The summed E-state index contributed by atoms with van der Waals surface area (Å²) in [6.45, 7) is 2.52. The van der Waals surface area contributed by atoms with E-state index in [1.807, 2.05) is 37.3 Å². The van der Waals surface area contributed by atoms with Crippen molar-refractivity contribution in [2.45, 2.75) is 6.92 Å². The molecule has 1 radical (unpaired) electrons. The van der Waals surface area contributed by atoms with Gasteiger partial charge < -0.3 is 0 Å². The van der Waals surface area contributed by atoms with Gasteiger partial charge in [0.05, 0.1) is 0 Å². The second kappa shape index (κ2) is 4.07. The van der Waals surface area contributed by atoms with E-state index in [1.165, 1.54) is 0 Å². The fourth-order valence-corrected chi connectivity index (χ4v) is 1.26. The maximum Gasteiger partial charge on any atom is 0.317 e. The lowest BCUT2D eigenvalue weighted by Gasteiger charge is -2.16. The second-order valence-corrected chi connectivity index (χ2v) is 2.69. The van der Waals surface area contributed by atoms with Crippen LogP contribution in [0.4, 0.5) is 10.5 Å². The largest absolute Gasteiger partial charge is 0.317 e. The van der Waals surface area contributed by atoms with Crippen molar-refractivity contribution in [1.29, 1.82) is 0 Å². The number of para-hydroxylation sites is 1. The smallest absolute Gasteiger partial charge is 0.300 e. The molecule has 0 atom stereocenters. The van der Waals surface area contributed by atoms with E-state index < -0.39 is 0 Å². The quantitative estimate of drug-likeness (QED) is 0.685. The first-order valence-electron chi connectivity index (χ1n) is 3.79. The summed E-state index contributed by atoms with van der Waals surface area (Å²) in [7, 11) is 0. The molecule has 0 bridgehead atoms. The Morgan fingerprint density at radius 2 is 2.00 bits per heavy atom. The predicted octanol–water partition coefficient (Wildman–Crippen LogP) is 2.83. The number of carbonyl (C=O) groups is 1. The maximum atomic E-state index is 10.9. The third-order valence-corrected chi connectivity index (χ3v) is 1.82. The minimum Gasteiger partial charge on any atom is -0.300 e. The molecule has 1 amide bonds. The second-order valence-electron chi connectivity index (χ2n) is 2.35. The molecule has 1 rings (SSSR count). The zero-order valence-electron chi connectivity index (χ0n) is 6.86. The average molecular weight is 180 g/mol. The van der Waals surface area contributed by atoms with Crippen LogP contribution in [0.2, 0.25) is 0 Å². The number of benzene rings is 1. The van der Waals surface area contributed by atoms with E-state index in [9.17, 15) is 4.79 Å². The van der Waals surface area contributed by atoms with Gasteiger partial charge in [-0.2, -0.15) is 0 Å². The van der Waals surface area contributed by atoms with Crippen molar-refractivity contribution in [1.82, 2.24) is 0 Å². The molecule has 3 heteroatoms. The minimum atomic E-state index is -0.330. The minimum absolute atomic E-state index is 0.330. The van der Waals surface area contributed by atoms with Gasteiger partial charge in [-0.05, 0) is 31.7 Å². The van der Waals surface area contributed by atoms with E-state index in [2.05, 4.69) is 12.6 Å². The van der Waals surface area contributed by atoms with E-state index in [0.717, 1.165) is 5.69 Å². The Bertz CT molecular complexity index is 260. The van der Waals surface area contributed by atoms with Gasteiger partial charge in [-0.1, -0.05) is 18.2 Å². The lowest BCUT2D eigenvalue weighted by molar-refractivity contribution is 0.265. The normalized spacial score (nSPS) is 9.42. The van der Waals surface area contributed by atoms with Crippen molar-refractivity contribution in [3.8, 4) is 0 Å². The van der Waals surface area contributed by atoms with Crippen LogP contribution in [-0.2, 0) is 0 Å². The highest BCUT2D eigenvalue weighted by Gasteiger charge is 2.08. The summed E-state index contributed by atoms with van der Waals surface area (Å²) in [5, 5.41) is -0.330. The summed E-state index contributed by atoms with van der Waals surface area (Å²) >= 11 is 4.57. The lowest BCUT2D eigenvalue weighted by Crippen LogP contribution is -2.24. The highest BCUT2D eigenvalue weighted by molar-refractivity contribution is 7.96. The summed E-state index contributed by atoms with van der Waals surface area (Å²) in [5.74, 6) is 0. The molecule has 0 aliphatic rings. The van der Waals surface area contributed by atoms with Gasteiger partial charge in [-0.25, -0.2) is 0 Å². The zero-order valence-corrected chi connectivity index (χ0v) is 7.67. The molecule has 63 valence electrons. The lowest BCUT2D eigenvalue weighted by atomic mass is 10.3. The Morgan fingerprint density at radius 1 is 1.42 bits per heavy atom. The molecule has 1 aromatic carbocycles. The number of hydrogen-bond donors (Lipinski definition) is 0. The van der Waals surface area contributed by atoms with E-state index in [1.54, 1.807) is 4.90 Å². The molecular weight excluding hydrogens is 170 g/mol. The number of nitrogens with zero attached hydrogens (tertiary/aromatic N) is 1. The summed E-state index contributed by atoms with van der Waals surface area (Å²) in [5.41, 5.74) is 0.861. The molecular formula is C9H10NOS. The Kier molecular flexibility index (Phi) is 3.05. The molecule has 0 aliphatic carbocycles. The number of anilines is 1. The van der Waals surface area contributed by atoms with Crippen LogP contribution in [0.1, 0.15) is 6.92 Å². The van der Waals surface area contributed by atoms with E-state index in [0.29, 0.717) is 6.54 Å². The molecule has 0 N–H and O–H groups in total. The molecule has 0 aliphatic heterocycles. The summed E-state index contributed by atoms with van der Waals surface area (Å²) in [4.78, 5) is 12.5. The Morgan fingerprint density at radius 3 is 2.42 bits per heavy atom. The zero-order chi connectivity index (χ0) is 8.97. The van der Waals surface area contributed by atoms with Gasteiger partial charge in [0.25, 0.3) is 0 Å². The Balaban J connectivity index is 2.88. The average Bonchev–Trinajstić information content (AvgIpc) is 2.07. The topological polar surface area (TPSA) is 20.3 Å². The number of amides is 1. The van der Waals surface area contributed by atoms with Gasteiger partial charge in [0.2, 0.25) is 0 Å². The molecule has 12 heavy (non-hydrogen) atoms. The number of rotatable bonds is 2.